The molecular formula is C16H21N3O. The van der Waals surface area contributed by atoms with Crippen LogP contribution < -0.4 is 5.73 Å². The average molecular weight is 271 g/mol. The maximum absolute atomic E-state index is 8.74. The van der Waals surface area contributed by atoms with Gasteiger partial charge in [-0.3, -0.25) is 4.90 Å². The first-order chi connectivity index (χ1) is 9.61. The second kappa shape index (κ2) is 6.39. The van der Waals surface area contributed by atoms with Crippen molar-refractivity contribution in [2.24, 2.45) is 10.9 Å². The van der Waals surface area contributed by atoms with Gasteiger partial charge in [0, 0.05) is 12.6 Å². The van der Waals surface area contributed by atoms with E-state index >= 15 is 0 Å². The van der Waals surface area contributed by atoms with Crippen molar-refractivity contribution in [3.05, 3.63) is 48.0 Å². The number of amidine groups is 1. The monoisotopic (exact) mass is 271 g/mol. The highest BCUT2D eigenvalue weighted by atomic mass is 16.4. The van der Waals surface area contributed by atoms with Crippen molar-refractivity contribution in [1.82, 2.24) is 4.90 Å². The molecule has 4 heteroatoms. The standard InChI is InChI=1S/C16H21N3O/c1-12(2)19(11-16(17)18-20)10-14-8-5-7-13-6-3-4-9-15(13)14/h3-9,12,20H,10-11H2,1-2H3,(H2,17,18). The second-order valence-corrected chi connectivity index (χ2v) is 5.23. The zero-order valence-corrected chi connectivity index (χ0v) is 12.0. The van der Waals surface area contributed by atoms with Crippen molar-refractivity contribution in [3.63, 3.8) is 0 Å². The Labute approximate surface area is 119 Å². The SMILES string of the molecule is CC(C)N(CC(N)=NO)Cc1cccc2ccccc12. The summed E-state index contributed by atoms with van der Waals surface area (Å²) in [5.74, 6) is 0.235. The fourth-order valence-corrected chi connectivity index (χ4v) is 2.31. The van der Waals surface area contributed by atoms with Gasteiger partial charge in [-0.25, -0.2) is 0 Å². The number of rotatable bonds is 5. The molecule has 0 bridgehead atoms. The van der Waals surface area contributed by atoms with Crippen LogP contribution in [0.4, 0.5) is 0 Å². The first-order valence-electron chi connectivity index (χ1n) is 6.79. The van der Waals surface area contributed by atoms with Crippen LogP contribution in [0.3, 0.4) is 0 Å². The molecule has 2 aromatic rings. The van der Waals surface area contributed by atoms with Gasteiger partial charge in [0.25, 0.3) is 0 Å². The van der Waals surface area contributed by atoms with Crippen molar-refractivity contribution in [3.8, 4) is 0 Å². The van der Waals surface area contributed by atoms with Gasteiger partial charge in [0.1, 0.15) is 0 Å². The molecule has 0 saturated carbocycles. The Morgan fingerprint density at radius 3 is 2.60 bits per heavy atom. The molecule has 0 aliphatic heterocycles. The molecule has 0 aromatic heterocycles. The summed E-state index contributed by atoms with van der Waals surface area (Å²) in [4.78, 5) is 2.18. The van der Waals surface area contributed by atoms with Gasteiger partial charge in [-0.2, -0.15) is 0 Å². The van der Waals surface area contributed by atoms with E-state index < -0.39 is 0 Å². The van der Waals surface area contributed by atoms with Crippen LogP contribution in [0.15, 0.2) is 47.6 Å². The highest BCUT2D eigenvalue weighted by Gasteiger charge is 2.13. The molecule has 0 saturated heterocycles. The molecule has 0 amide bonds. The van der Waals surface area contributed by atoms with Crippen LogP contribution in [0.1, 0.15) is 19.4 Å². The predicted octanol–water partition coefficient (Wildman–Crippen LogP) is 2.80. The normalized spacial score (nSPS) is 12.5. The van der Waals surface area contributed by atoms with Crippen LogP contribution in [-0.2, 0) is 6.54 Å². The predicted molar refractivity (Wildman–Crippen MR) is 82.9 cm³/mol. The molecule has 2 rings (SSSR count). The number of hydrogen-bond acceptors (Lipinski definition) is 3. The third kappa shape index (κ3) is 3.27. The topological polar surface area (TPSA) is 61.8 Å². The molecule has 2 aromatic carbocycles. The lowest BCUT2D eigenvalue weighted by molar-refractivity contribution is 0.239. The fourth-order valence-electron chi connectivity index (χ4n) is 2.31. The fraction of sp³-hybridized carbons (Fsp3) is 0.312. The van der Waals surface area contributed by atoms with Crippen molar-refractivity contribution in [2.45, 2.75) is 26.4 Å². The Morgan fingerprint density at radius 2 is 1.90 bits per heavy atom. The van der Waals surface area contributed by atoms with Crippen molar-refractivity contribution >= 4 is 16.6 Å². The number of fused-ring (bicyclic) bond motifs is 1. The van der Waals surface area contributed by atoms with E-state index in [0.717, 1.165) is 6.54 Å². The first kappa shape index (κ1) is 14.3. The van der Waals surface area contributed by atoms with Crippen LogP contribution in [0.2, 0.25) is 0 Å². The number of nitrogens with two attached hydrogens (primary N) is 1. The summed E-state index contributed by atoms with van der Waals surface area (Å²) in [6.45, 7) is 5.44. The largest absolute Gasteiger partial charge is 0.409 e. The first-order valence-corrected chi connectivity index (χ1v) is 6.79. The summed E-state index contributed by atoms with van der Waals surface area (Å²) < 4.78 is 0. The summed E-state index contributed by atoms with van der Waals surface area (Å²) in [7, 11) is 0. The Balaban J connectivity index is 2.29. The van der Waals surface area contributed by atoms with Crippen molar-refractivity contribution in [1.29, 1.82) is 0 Å². The number of benzene rings is 2. The molecule has 0 radical (unpaired) electrons. The van der Waals surface area contributed by atoms with Gasteiger partial charge in [0.05, 0.1) is 6.54 Å². The van der Waals surface area contributed by atoms with Crippen molar-refractivity contribution < 1.29 is 5.21 Å². The molecule has 0 heterocycles. The van der Waals surface area contributed by atoms with E-state index in [0.29, 0.717) is 12.6 Å². The van der Waals surface area contributed by atoms with Crippen LogP contribution in [0.5, 0.6) is 0 Å². The Hall–Kier alpha value is -2.07. The van der Waals surface area contributed by atoms with E-state index in [1.807, 2.05) is 6.07 Å². The minimum atomic E-state index is 0.235. The van der Waals surface area contributed by atoms with E-state index in [9.17, 15) is 0 Å². The van der Waals surface area contributed by atoms with E-state index in [1.165, 1.54) is 16.3 Å². The summed E-state index contributed by atoms with van der Waals surface area (Å²) in [6.07, 6.45) is 0. The van der Waals surface area contributed by atoms with Gasteiger partial charge in [-0.1, -0.05) is 47.6 Å². The Bertz CT molecular complexity index is 602. The van der Waals surface area contributed by atoms with Gasteiger partial charge >= 0.3 is 0 Å². The lowest BCUT2D eigenvalue weighted by atomic mass is 10.0. The minimum absolute atomic E-state index is 0.235. The summed E-state index contributed by atoms with van der Waals surface area (Å²) in [5, 5.41) is 14.3. The van der Waals surface area contributed by atoms with E-state index in [2.05, 4.69) is 60.3 Å². The maximum atomic E-state index is 8.74. The van der Waals surface area contributed by atoms with Gasteiger partial charge in [0.15, 0.2) is 5.84 Å². The third-order valence-corrected chi connectivity index (χ3v) is 3.48. The number of oxime groups is 1. The van der Waals surface area contributed by atoms with E-state index in [-0.39, 0.29) is 5.84 Å². The molecule has 0 fully saturated rings. The molecule has 106 valence electrons. The van der Waals surface area contributed by atoms with Gasteiger partial charge in [-0.15, -0.1) is 0 Å². The molecule has 0 atom stereocenters. The number of hydrogen-bond donors (Lipinski definition) is 2. The second-order valence-electron chi connectivity index (χ2n) is 5.23. The van der Waals surface area contributed by atoms with Crippen LogP contribution in [0.25, 0.3) is 10.8 Å². The minimum Gasteiger partial charge on any atom is -0.409 e. The lowest BCUT2D eigenvalue weighted by Crippen LogP contribution is -2.38. The van der Waals surface area contributed by atoms with E-state index in [1.54, 1.807) is 0 Å². The highest BCUT2D eigenvalue weighted by Crippen LogP contribution is 2.20. The molecule has 0 unspecified atom stereocenters. The number of nitrogens with zero attached hydrogens (tertiary/aromatic N) is 2. The summed E-state index contributed by atoms with van der Waals surface area (Å²) >= 11 is 0. The van der Waals surface area contributed by atoms with Crippen molar-refractivity contribution in [2.75, 3.05) is 6.54 Å². The Kier molecular flexibility index (Phi) is 4.58. The molecule has 0 aliphatic rings. The Morgan fingerprint density at radius 1 is 1.20 bits per heavy atom. The zero-order valence-electron chi connectivity index (χ0n) is 12.0. The maximum Gasteiger partial charge on any atom is 0.153 e. The molecule has 0 aliphatic carbocycles. The molecule has 20 heavy (non-hydrogen) atoms. The quantitative estimate of drug-likeness (QED) is 0.380. The third-order valence-electron chi connectivity index (χ3n) is 3.48. The molecule has 0 spiro atoms. The zero-order chi connectivity index (χ0) is 14.5. The average Bonchev–Trinajstić information content (AvgIpc) is 2.46. The summed E-state index contributed by atoms with van der Waals surface area (Å²) in [5.41, 5.74) is 6.89. The van der Waals surface area contributed by atoms with Crippen LogP contribution >= 0.6 is 0 Å². The van der Waals surface area contributed by atoms with Gasteiger partial charge < -0.3 is 10.9 Å². The lowest BCUT2D eigenvalue weighted by Gasteiger charge is -2.26. The van der Waals surface area contributed by atoms with Gasteiger partial charge in [0.2, 0.25) is 0 Å². The van der Waals surface area contributed by atoms with E-state index in [4.69, 9.17) is 10.9 Å². The van der Waals surface area contributed by atoms with Gasteiger partial charge in [-0.05, 0) is 30.2 Å². The molecular weight excluding hydrogens is 250 g/mol. The highest BCUT2D eigenvalue weighted by molar-refractivity contribution is 5.85. The van der Waals surface area contributed by atoms with Crippen LogP contribution in [0, 0.1) is 0 Å². The summed E-state index contributed by atoms with van der Waals surface area (Å²) in [6, 6.07) is 15.0. The molecule has 4 nitrogen and oxygen atoms in total. The molecule has 3 N–H and O–H groups in total. The smallest absolute Gasteiger partial charge is 0.153 e. The van der Waals surface area contributed by atoms with Crippen LogP contribution in [-0.4, -0.2) is 28.5 Å².